The minimum atomic E-state index is 0.194. The van der Waals surface area contributed by atoms with Gasteiger partial charge in [0.15, 0.2) is 11.5 Å². The van der Waals surface area contributed by atoms with Crippen molar-refractivity contribution in [3.8, 4) is 11.5 Å². The summed E-state index contributed by atoms with van der Waals surface area (Å²) in [6.45, 7) is 5.51. The van der Waals surface area contributed by atoms with E-state index < -0.39 is 0 Å². The molecule has 0 aromatic heterocycles. The first-order valence-corrected chi connectivity index (χ1v) is 6.77. The van der Waals surface area contributed by atoms with Gasteiger partial charge in [-0.2, -0.15) is 0 Å². The molecule has 0 radical (unpaired) electrons. The molecule has 0 atom stereocenters. The van der Waals surface area contributed by atoms with Crippen molar-refractivity contribution < 1.29 is 14.2 Å². The van der Waals surface area contributed by atoms with Crippen LogP contribution in [0.3, 0.4) is 0 Å². The van der Waals surface area contributed by atoms with Crippen molar-refractivity contribution in [2.75, 3.05) is 26.9 Å². The fourth-order valence-corrected chi connectivity index (χ4v) is 1.94. The normalized spacial score (nSPS) is 10.8. The smallest absolute Gasteiger partial charge is 0.164 e. The maximum atomic E-state index is 6.04. The molecule has 0 saturated carbocycles. The molecule has 1 aromatic carbocycles. The first-order chi connectivity index (χ1) is 9.08. The molecule has 4 nitrogen and oxygen atoms in total. The Morgan fingerprint density at radius 3 is 2.58 bits per heavy atom. The first kappa shape index (κ1) is 16.1. The van der Waals surface area contributed by atoms with E-state index in [9.17, 15) is 0 Å². The number of halogens is 1. The van der Waals surface area contributed by atoms with Crippen molar-refractivity contribution in [1.29, 1.82) is 0 Å². The van der Waals surface area contributed by atoms with Crippen LogP contribution in [0.25, 0.3) is 0 Å². The van der Waals surface area contributed by atoms with Crippen LogP contribution in [0, 0.1) is 0 Å². The molecule has 1 rings (SSSR count). The predicted octanol–water partition coefficient (Wildman–Crippen LogP) is 2.65. The lowest BCUT2D eigenvalue weighted by Gasteiger charge is -2.16. The summed E-state index contributed by atoms with van der Waals surface area (Å²) >= 11 is 6.04. The predicted molar refractivity (Wildman–Crippen MR) is 77.3 cm³/mol. The fraction of sp³-hybridized carbons (Fsp3) is 0.571. The number of ether oxygens (including phenoxy) is 3. The van der Waals surface area contributed by atoms with Crippen molar-refractivity contribution >= 4 is 11.6 Å². The van der Waals surface area contributed by atoms with Crippen LogP contribution in [0.15, 0.2) is 12.1 Å². The van der Waals surface area contributed by atoms with Gasteiger partial charge in [-0.3, -0.25) is 0 Å². The molecule has 0 aliphatic heterocycles. The van der Waals surface area contributed by atoms with E-state index in [-0.39, 0.29) is 6.10 Å². The molecule has 0 bridgehead atoms. The molecule has 0 heterocycles. The van der Waals surface area contributed by atoms with Gasteiger partial charge in [0.25, 0.3) is 0 Å². The van der Waals surface area contributed by atoms with Gasteiger partial charge in [-0.1, -0.05) is 11.6 Å². The summed E-state index contributed by atoms with van der Waals surface area (Å²) in [5.41, 5.74) is 6.56. The molecule has 0 aliphatic carbocycles. The molecule has 0 unspecified atom stereocenters. The van der Waals surface area contributed by atoms with Crippen LogP contribution in [0.4, 0.5) is 0 Å². The molecule has 0 spiro atoms. The molecule has 0 amide bonds. The van der Waals surface area contributed by atoms with E-state index in [1.165, 1.54) is 0 Å². The van der Waals surface area contributed by atoms with E-state index in [2.05, 4.69) is 0 Å². The largest absolute Gasteiger partial charge is 0.493 e. The average Bonchev–Trinajstić information content (AvgIpc) is 2.36. The molecule has 0 saturated heterocycles. The van der Waals surface area contributed by atoms with Crippen LogP contribution in [0.5, 0.6) is 11.5 Å². The Hall–Kier alpha value is -0.970. The highest BCUT2D eigenvalue weighted by Crippen LogP contribution is 2.34. The van der Waals surface area contributed by atoms with E-state index in [0.29, 0.717) is 42.7 Å². The number of benzene rings is 1. The van der Waals surface area contributed by atoms with Crippen molar-refractivity contribution in [3.05, 3.63) is 22.7 Å². The van der Waals surface area contributed by atoms with E-state index in [1.54, 1.807) is 13.2 Å². The Labute approximate surface area is 119 Å². The second-order valence-corrected chi connectivity index (χ2v) is 4.84. The standard InChI is InChI=1S/C14H22ClNO3/c1-10(2)18-6-7-19-14-11(4-5-16)8-12(15)9-13(14)17-3/h8-10H,4-7,16H2,1-3H3. The number of hydrogen-bond acceptors (Lipinski definition) is 4. The Morgan fingerprint density at radius 2 is 2.00 bits per heavy atom. The van der Waals surface area contributed by atoms with Gasteiger partial charge in [-0.05, 0) is 32.9 Å². The van der Waals surface area contributed by atoms with E-state index in [0.717, 1.165) is 5.56 Å². The fourth-order valence-electron chi connectivity index (χ4n) is 1.71. The SMILES string of the molecule is COc1cc(Cl)cc(CCN)c1OCCOC(C)C. The number of hydrogen-bond donors (Lipinski definition) is 1. The minimum absolute atomic E-state index is 0.194. The van der Waals surface area contributed by atoms with Gasteiger partial charge in [0.1, 0.15) is 6.61 Å². The van der Waals surface area contributed by atoms with Gasteiger partial charge in [0.05, 0.1) is 19.8 Å². The zero-order valence-electron chi connectivity index (χ0n) is 11.7. The number of nitrogens with two attached hydrogens (primary N) is 1. The molecule has 2 N–H and O–H groups in total. The Kier molecular flexibility index (Phi) is 6.99. The highest BCUT2D eigenvalue weighted by molar-refractivity contribution is 6.30. The van der Waals surface area contributed by atoms with Crippen LogP contribution in [-0.4, -0.2) is 33.0 Å². The third-order valence-corrected chi connectivity index (χ3v) is 2.73. The number of rotatable bonds is 8. The molecule has 0 aliphatic rings. The third-order valence-electron chi connectivity index (χ3n) is 2.51. The third kappa shape index (κ3) is 5.27. The summed E-state index contributed by atoms with van der Waals surface area (Å²) < 4.78 is 16.5. The lowest BCUT2D eigenvalue weighted by atomic mass is 10.1. The van der Waals surface area contributed by atoms with Gasteiger partial charge in [-0.25, -0.2) is 0 Å². The van der Waals surface area contributed by atoms with Crippen molar-refractivity contribution in [1.82, 2.24) is 0 Å². The van der Waals surface area contributed by atoms with E-state index in [1.807, 2.05) is 19.9 Å². The quantitative estimate of drug-likeness (QED) is 0.747. The molecular weight excluding hydrogens is 266 g/mol. The highest BCUT2D eigenvalue weighted by Gasteiger charge is 2.12. The summed E-state index contributed by atoms with van der Waals surface area (Å²) in [6.07, 6.45) is 0.885. The van der Waals surface area contributed by atoms with Gasteiger partial charge in [-0.15, -0.1) is 0 Å². The molecule has 19 heavy (non-hydrogen) atoms. The molecule has 5 heteroatoms. The van der Waals surface area contributed by atoms with E-state index in [4.69, 9.17) is 31.5 Å². The van der Waals surface area contributed by atoms with E-state index >= 15 is 0 Å². The maximum Gasteiger partial charge on any atom is 0.164 e. The average molecular weight is 288 g/mol. The zero-order chi connectivity index (χ0) is 14.3. The molecule has 0 fully saturated rings. The summed E-state index contributed by atoms with van der Waals surface area (Å²) in [4.78, 5) is 0. The molecule has 108 valence electrons. The van der Waals surface area contributed by atoms with Crippen LogP contribution in [0.1, 0.15) is 19.4 Å². The van der Waals surface area contributed by atoms with Gasteiger partial charge in [0, 0.05) is 16.7 Å². The van der Waals surface area contributed by atoms with Crippen LogP contribution >= 0.6 is 11.6 Å². The summed E-state index contributed by atoms with van der Waals surface area (Å²) in [7, 11) is 1.59. The molecule has 1 aromatic rings. The van der Waals surface area contributed by atoms with Crippen LogP contribution < -0.4 is 15.2 Å². The van der Waals surface area contributed by atoms with Crippen molar-refractivity contribution in [2.24, 2.45) is 5.73 Å². The van der Waals surface area contributed by atoms with Crippen molar-refractivity contribution in [3.63, 3.8) is 0 Å². The van der Waals surface area contributed by atoms with Crippen LogP contribution in [0.2, 0.25) is 5.02 Å². The first-order valence-electron chi connectivity index (χ1n) is 6.39. The second-order valence-electron chi connectivity index (χ2n) is 4.40. The summed E-state index contributed by atoms with van der Waals surface area (Å²) in [5.74, 6) is 1.32. The van der Waals surface area contributed by atoms with Gasteiger partial charge in [0.2, 0.25) is 0 Å². The monoisotopic (exact) mass is 287 g/mol. The minimum Gasteiger partial charge on any atom is -0.493 e. The van der Waals surface area contributed by atoms with Crippen LogP contribution in [-0.2, 0) is 11.2 Å². The highest BCUT2D eigenvalue weighted by atomic mass is 35.5. The second kappa shape index (κ2) is 8.25. The number of methoxy groups -OCH3 is 1. The molecular formula is C14H22ClNO3. The summed E-state index contributed by atoms with van der Waals surface area (Å²) in [5, 5.41) is 0.617. The van der Waals surface area contributed by atoms with Gasteiger partial charge < -0.3 is 19.9 Å². The lowest BCUT2D eigenvalue weighted by Crippen LogP contribution is -2.13. The Balaban J connectivity index is 2.77. The van der Waals surface area contributed by atoms with Crippen molar-refractivity contribution in [2.45, 2.75) is 26.4 Å². The summed E-state index contributed by atoms with van der Waals surface area (Å²) in [6, 6.07) is 3.59. The Bertz CT molecular complexity index is 397. The van der Waals surface area contributed by atoms with Gasteiger partial charge >= 0.3 is 0 Å². The lowest BCUT2D eigenvalue weighted by molar-refractivity contribution is 0.0545. The maximum absolute atomic E-state index is 6.04. The zero-order valence-corrected chi connectivity index (χ0v) is 12.5. The Morgan fingerprint density at radius 1 is 1.26 bits per heavy atom. The topological polar surface area (TPSA) is 53.7 Å².